The van der Waals surface area contributed by atoms with E-state index in [1.165, 1.54) is 12.1 Å². The minimum absolute atomic E-state index is 0.300. The third-order valence-corrected chi connectivity index (χ3v) is 9.00. The maximum absolute atomic E-state index is 14.6. The van der Waals surface area contributed by atoms with Crippen molar-refractivity contribution in [3.05, 3.63) is 141 Å². The summed E-state index contributed by atoms with van der Waals surface area (Å²) in [7, 11) is 0. The zero-order valence-electron chi connectivity index (χ0n) is 20.9. The van der Waals surface area contributed by atoms with E-state index in [-0.39, 0.29) is 17.3 Å². The Labute approximate surface area is 239 Å². The fraction of sp³-hybridized carbons (Fsp3) is 0.121. The fourth-order valence-corrected chi connectivity index (χ4v) is 7.18. The zero-order chi connectivity index (χ0) is 27.8. The molecule has 7 heteroatoms. The average molecular weight is 568 g/mol. The number of Topliss-reactive ketones (excluding diaryl/α,β-unsaturated/α-hetero) is 3. The first-order chi connectivity index (χ1) is 19.3. The van der Waals surface area contributed by atoms with Crippen LogP contribution in [0.3, 0.4) is 0 Å². The molecule has 1 saturated heterocycles. The number of ketones is 3. The van der Waals surface area contributed by atoms with Crippen LogP contribution in [0.1, 0.15) is 48.1 Å². The molecule has 3 aliphatic rings. The fourth-order valence-electron chi connectivity index (χ4n) is 6.80. The summed E-state index contributed by atoms with van der Waals surface area (Å²) < 4.78 is 14.3. The lowest BCUT2D eigenvalue weighted by Crippen LogP contribution is -2.48. The Bertz CT molecular complexity index is 1750. The van der Waals surface area contributed by atoms with E-state index in [2.05, 4.69) is 0 Å². The summed E-state index contributed by atoms with van der Waals surface area (Å²) in [4.78, 5) is 45.6. The second-order valence-corrected chi connectivity index (χ2v) is 11.1. The van der Waals surface area contributed by atoms with Crippen molar-refractivity contribution in [2.75, 3.05) is 4.90 Å². The summed E-state index contributed by atoms with van der Waals surface area (Å²) in [5.74, 6) is -2.38. The second-order valence-electron chi connectivity index (χ2n) is 10.3. The summed E-state index contributed by atoms with van der Waals surface area (Å²) in [6.07, 6.45) is 3.48. The van der Waals surface area contributed by atoms with Crippen LogP contribution in [0.5, 0.6) is 0 Å². The van der Waals surface area contributed by atoms with Crippen LogP contribution < -0.4 is 4.90 Å². The number of benzene rings is 4. The highest BCUT2D eigenvalue weighted by Crippen LogP contribution is 2.61. The maximum atomic E-state index is 14.6. The van der Waals surface area contributed by atoms with Crippen molar-refractivity contribution in [1.82, 2.24) is 0 Å². The number of fused-ring (bicyclic) bond motifs is 5. The van der Waals surface area contributed by atoms with Crippen LogP contribution in [-0.2, 0) is 0 Å². The minimum atomic E-state index is -1.68. The molecule has 196 valence electrons. The van der Waals surface area contributed by atoms with E-state index in [1.54, 1.807) is 91.0 Å². The van der Waals surface area contributed by atoms with E-state index in [9.17, 15) is 18.8 Å². The number of halogens is 3. The van der Waals surface area contributed by atoms with Crippen LogP contribution >= 0.6 is 23.2 Å². The minimum Gasteiger partial charge on any atom is -0.352 e. The van der Waals surface area contributed by atoms with Gasteiger partial charge < -0.3 is 4.90 Å². The normalized spacial score (nSPS) is 21.9. The Hall–Kier alpha value is -4.06. The maximum Gasteiger partial charge on any atom is 0.185 e. The highest BCUT2D eigenvalue weighted by molar-refractivity contribution is 6.34. The molecule has 0 radical (unpaired) electrons. The molecule has 1 aliphatic carbocycles. The molecule has 4 aromatic rings. The van der Waals surface area contributed by atoms with E-state index in [4.69, 9.17) is 23.2 Å². The third-order valence-electron chi connectivity index (χ3n) is 8.40. The van der Waals surface area contributed by atoms with Crippen LogP contribution in [0.25, 0.3) is 6.08 Å². The number of anilines is 1. The van der Waals surface area contributed by atoms with Crippen LogP contribution in [0, 0.1) is 11.2 Å². The summed E-state index contributed by atoms with van der Waals surface area (Å²) in [5, 5.41) is 0.818. The van der Waals surface area contributed by atoms with Gasteiger partial charge in [0.15, 0.2) is 17.3 Å². The molecule has 4 aromatic carbocycles. The third kappa shape index (κ3) is 3.28. The molecule has 0 N–H and O–H groups in total. The molecule has 0 amide bonds. The second kappa shape index (κ2) is 8.98. The number of hydrogen-bond acceptors (Lipinski definition) is 4. The van der Waals surface area contributed by atoms with Gasteiger partial charge in [-0.1, -0.05) is 77.8 Å². The van der Waals surface area contributed by atoms with Crippen LogP contribution in [-0.4, -0.2) is 29.4 Å². The molecule has 2 heterocycles. The van der Waals surface area contributed by atoms with Crippen molar-refractivity contribution in [2.24, 2.45) is 5.41 Å². The molecule has 40 heavy (non-hydrogen) atoms. The zero-order valence-corrected chi connectivity index (χ0v) is 22.4. The first-order valence-electron chi connectivity index (χ1n) is 12.8. The van der Waals surface area contributed by atoms with Gasteiger partial charge in [0.25, 0.3) is 0 Å². The Balaban J connectivity index is 1.56. The molecule has 0 aromatic heterocycles. The van der Waals surface area contributed by atoms with Crippen molar-refractivity contribution >= 4 is 52.3 Å². The molecule has 2 aliphatic heterocycles. The smallest absolute Gasteiger partial charge is 0.185 e. The molecule has 0 unspecified atom stereocenters. The Morgan fingerprint density at radius 1 is 0.825 bits per heavy atom. The van der Waals surface area contributed by atoms with Crippen LogP contribution in [0.2, 0.25) is 10.0 Å². The van der Waals surface area contributed by atoms with Gasteiger partial charge in [0.1, 0.15) is 17.3 Å². The van der Waals surface area contributed by atoms with E-state index < -0.39 is 29.2 Å². The Kier molecular flexibility index (Phi) is 5.60. The number of carbonyl (C=O) groups is 3. The van der Waals surface area contributed by atoms with Gasteiger partial charge in [0, 0.05) is 43.9 Å². The van der Waals surface area contributed by atoms with Gasteiger partial charge in [-0.15, -0.1) is 0 Å². The Morgan fingerprint density at radius 2 is 1.48 bits per heavy atom. The highest BCUT2D eigenvalue weighted by Gasteiger charge is 2.71. The molecule has 1 fully saturated rings. The van der Waals surface area contributed by atoms with Gasteiger partial charge in [-0.3, -0.25) is 14.4 Å². The van der Waals surface area contributed by atoms with E-state index in [0.717, 1.165) is 0 Å². The number of hydrogen-bond donors (Lipinski definition) is 0. The first-order valence-corrected chi connectivity index (χ1v) is 13.6. The molecular formula is C33H20Cl2FNO3. The van der Waals surface area contributed by atoms with Crippen LogP contribution in [0.15, 0.2) is 97.1 Å². The lowest BCUT2D eigenvalue weighted by atomic mass is 9.64. The molecule has 1 spiro atoms. The van der Waals surface area contributed by atoms with Gasteiger partial charge >= 0.3 is 0 Å². The largest absolute Gasteiger partial charge is 0.352 e. The standard InChI is InChI=1S/C33H20Cl2FNO3/c34-20-12-9-18(10-13-20)30(38)29-28(24-7-3-4-8-25(24)35)33(31(39)22-5-1-2-6-23(22)32(33)40)27-16-11-19-17-21(36)14-15-26(19)37(27)29/h1-17,27-29H/t27-,28+,29-/m1/s1. The topological polar surface area (TPSA) is 54.5 Å². The lowest BCUT2D eigenvalue weighted by Gasteiger charge is -2.37. The van der Waals surface area contributed by atoms with Gasteiger partial charge in [-0.25, -0.2) is 4.39 Å². The van der Waals surface area contributed by atoms with Gasteiger partial charge in [0.2, 0.25) is 0 Å². The first kappa shape index (κ1) is 24.9. The summed E-state index contributed by atoms with van der Waals surface area (Å²) in [6.45, 7) is 0. The molecule has 3 atom stereocenters. The van der Waals surface area contributed by atoms with Crippen molar-refractivity contribution in [2.45, 2.75) is 18.0 Å². The predicted octanol–water partition coefficient (Wildman–Crippen LogP) is 7.45. The number of rotatable bonds is 3. The summed E-state index contributed by atoms with van der Waals surface area (Å²) in [6, 6.07) is 22.8. The summed E-state index contributed by atoms with van der Waals surface area (Å²) in [5.41, 5.74) is 0.977. The predicted molar refractivity (Wildman–Crippen MR) is 153 cm³/mol. The van der Waals surface area contributed by atoms with Gasteiger partial charge in [-0.05, 0) is 54.1 Å². The quantitative estimate of drug-likeness (QED) is 0.190. The van der Waals surface area contributed by atoms with E-state index in [1.807, 2.05) is 4.90 Å². The van der Waals surface area contributed by atoms with Crippen molar-refractivity contribution in [3.8, 4) is 0 Å². The summed E-state index contributed by atoms with van der Waals surface area (Å²) >= 11 is 12.9. The monoisotopic (exact) mass is 567 g/mol. The van der Waals surface area contributed by atoms with Crippen molar-refractivity contribution < 1.29 is 18.8 Å². The molecule has 7 rings (SSSR count). The molecule has 0 saturated carbocycles. The van der Waals surface area contributed by atoms with Gasteiger partial charge in [0.05, 0.1) is 6.04 Å². The van der Waals surface area contributed by atoms with Crippen molar-refractivity contribution in [1.29, 1.82) is 0 Å². The molecule has 4 nitrogen and oxygen atoms in total. The highest BCUT2D eigenvalue weighted by atomic mass is 35.5. The number of nitrogens with zero attached hydrogens (tertiary/aromatic N) is 1. The van der Waals surface area contributed by atoms with Crippen molar-refractivity contribution in [3.63, 3.8) is 0 Å². The SMILES string of the molecule is O=C(c1ccc(Cl)cc1)[C@H]1[C@H](c2ccccc2Cl)C2(C(=O)c3ccccc3C2=O)[C@H]2C=Cc3cc(F)ccc3N12. The van der Waals surface area contributed by atoms with E-state index in [0.29, 0.717) is 43.5 Å². The van der Waals surface area contributed by atoms with Gasteiger partial charge in [-0.2, -0.15) is 0 Å². The average Bonchev–Trinajstić information content (AvgIpc) is 3.39. The Morgan fingerprint density at radius 3 is 2.15 bits per heavy atom. The van der Waals surface area contributed by atoms with Crippen LogP contribution in [0.4, 0.5) is 10.1 Å². The molecular weight excluding hydrogens is 548 g/mol. The molecule has 0 bridgehead atoms. The lowest BCUT2D eigenvalue weighted by molar-refractivity contribution is 0.0666. The number of carbonyl (C=O) groups excluding carboxylic acids is 3. The van der Waals surface area contributed by atoms with E-state index >= 15 is 0 Å².